The number of rotatable bonds is 2. The van der Waals surface area contributed by atoms with Gasteiger partial charge in [-0.05, 0) is 19.8 Å². The summed E-state index contributed by atoms with van der Waals surface area (Å²) in [5, 5.41) is 12.3. The second kappa shape index (κ2) is 5.69. The number of nitrogens with zero attached hydrogens (tertiary/aromatic N) is 2. The number of piperidine rings is 1. The van der Waals surface area contributed by atoms with E-state index in [1.165, 1.54) is 0 Å². The van der Waals surface area contributed by atoms with E-state index in [4.69, 9.17) is 9.94 Å². The maximum absolute atomic E-state index is 12.3. The molecule has 0 bridgehead atoms. The van der Waals surface area contributed by atoms with Gasteiger partial charge in [0.05, 0.1) is 24.3 Å². The van der Waals surface area contributed by atoms with Crippen LogP contribution in [0, 0.1) is 11.8 Å². The van der Waals surface area contributed by atoms with Gasteiger partial charge in [-0.3, -0.25) is 4.79 Å². The first-order chi connectivity index (χ1) is 8.65. The Morgan fingerprint density at radius 1 is 1.61 bits per heavy atom. The second-order valence-electron chi connectivity index (χ2n) is 5.31. The first-order valence-corrected chi connectivity index (χ1v) is 6.76. The van der Waals surface area contributed by atoms with E-state index in [1.807, 2.05) is 11.8 Å². The van der Waals surface area contributed by atoms with E-state index in [2.05, 4.69) is 12.1 Å². The van der Waals surface area contributed by atoms with Crippen LogP contribution in [0.4, 0.5) is 0 Å². The molecule has 1 N–H and O–H groups in total. The van der Waals surface area contributed by atoms with Crippen LogP contribution in [0.5, 0.6) is 0 Å². The topological polar surface area (TPSA) is 62.1 Å². The highest BCUT2D eigenvalue weighted by Gasteiger charge is 2.35. The van der Waals surface area contributed by atoms with Gasteiger partial charge >= 0.3 is 0 Å². The maximum Gasteiger partial charge on any atom is 0.228 e. The Labute approximate surface area is 108 Å². The van der Waals surface area contributed by atoms with Crippen molar-refractivity contribution < 1.29 is 14.7 Å². The zero-order valence-electron chi connectivity index (χ0n) is 11.1. The molecule has 2 aliphatic heterocycles. The monoisotopic (exact) mass is 254 g/mol. The minimum Gasteiger partial charge on any atom is -0.411 e. The molecule has 2 saturated heterocycles. The van der Waals surface area contributed by atoms with E-state index in [9.17, 15) is 4.79 Å². The highest BCUT2D eigenvalue weighted by Crippen LogP contribution is 2.24. The molecule has 0 aromatic heterocycles. The van der Waals surface area contributed by atoms with Gasteiger partial charge in [0.2, 0.25) is 5.91 Å². The molecule has 0 aliphatic carbocycles. The van der Waals surface area contributed by atoms with Gasteiger partial charge in [0.1, 0.15) is 0 Å². The minimum atomic E-state index is 0.0186. The van der Waals surface area contributed by atoms with Crippen LogP contribution in [0.3, 0.4) is 0 Å². The molecule has 18 heavy (non-hydrogen) atoms. The Hall–Kier alpha value is -1.10. The highest BCUT2D eigenvalue weighted by atomic mass is 16.5. The third-order valence-corrected chi connectivity index (χ3v) is 4.03. The average Bonchev–Trinajstić information content (AvgIpc) is 2.83. The van der Waals surface area contributed by atoms with Gasteiger partial charge in [-0.15, -0.1) is 0 Å². The van der Waals surface area contributed by atoms with Crippen LogP contribution in [0.2, 0.25) is 0 Å². The number of carbonyl (C=O) groups is 1. The SMILES string of the molecule is CCC1CN(C(=O)C2COC(C)C2)CCC1=NO. The van der Waals surface area contributed by atoms with Crippen molar-refractivity contribution >= 4 is 11.6 Å². The predicted molar refractivity (Wildman–Crippen MR) is 67.7 cm³/mol. The van der Waals surface area contributed by atoms with E-state index in [0.29, 0.717) is 26.1 Å². The number of ether oxygens (including phenoxy) is 1. The summed E-state index contributed by atoms with van der Waals surface area (Å²) in [6.45, 7) is 5.97. The van der Waals surface area contributed by atoms with Crippen molar-refractivity contribution in [2.75, 3.05) is 19.7 Å². The molecule has 1 amide bonds. The van der Waals surface area contributed by atoms with E-state index in [-0.39, 0.29) is 23.8 Å². The number of likely N-dealkylation sites (tertiary alicyclic amines) is 1. The fraction of sp³-hybridized carbons (Fsp3) is 0.846. The lowest BCUT2D eigenvalue weighted by Crippen LogP contribution is -2.46. The van der Waals surface area contributed by atoms with Crippen molar-refractivity contribution in [2.45, 2.75) is 39.2 Å². The molecular weight excluding hydrogens is 232 g/mol. The van der Waals surface area contributed by atoms with Crippen LogP contribution < -0.4 is 0 Å². The van der Waals surface area contributed by atoms with Gasteiger partial charge in [-0.2, -0.15) is 0 Å². The molecule has 2 rings (SSSR count). The molecule has 3 atom stereocenters. The summed E-state index contributed by atoms with van der Waals surface area (Å²) in [6.07, 6.45) is 2.61. The van der Waals surface area contributed by atoms with Crippen LogP contribution in [-0.4, -0.2) is 47.5 Å². The molecule has 3 unspecified atom stereocenters. The normalized spacial score (nSPS) is 35.1. The molecule has 2 fully saturated rings. The Bertz CT molecular complexity index is 343. The summed E-state index contributed by atoms with van der Waals surface area (Å²) in [4.78, 5) is 14.3. The number of oxime groups is 1. The van der Waals surface area contributed by atoms with Gasteiger partial charge in [0.15, 0.2) is 0 Å². The summed E-state index contributed by atoms with van der Waals surface area (Å²) in [5.41, 5.74) is 0.831. The van der Waals surface area contributed by atoms with Crippen LogP contribution in [0.15, 0.2) is 5.16 Å². The van der Waals surface area contributed by atoms with E-state index in [1.54, 1.807) is 0 Å². The second-order valence-corrected chi connectivity index (χ2v) is 5.31. The van der Waals surface area contributed by atoms with Crippen molar-refractivity contribution in [1.82, 2.24) is 4.90 Å². The van der Waals surface area contributed by atoms with Crippen molar-refractivity contribution in [2.24, 2.45) is 17.0 Å². The van der Waals surface area contributed by atoms with Crippen LogP contribution in [0.1, 0.15) is 33.1 Å². The predicted octanol–water partition coefficient (Wildman–Crippen LogP) is 1.50. The number of carbonyl (C=O) groups excluding carboxylic acids is 1. The summed E-state index contributed by atoms with van der Waals surface area (Å²) in [6, 6.07) is 0. The summed E-state index contributed by atoms with van der Waals surface area (Å²) in [7, 11) is 0. The minimum absolute atomic E-state index is 0.0186. The Morgan fingerprint density at radius 2 is 2.39 bits per heavy atom. The van der Waals surface area contributed by atoms with Crippen LogP contribution in [0.25, 0.3) is 0 Å². The van der Waals surface area contributed by atoms with Gasteiger partial charge in [0, 0.05) is 25.4 Å². The smallest absolute Gasteiger partial charge is 0.228 e. The van der Waals surface area contributed by atoms with Gasteiger partial charge < -0.3 is 14.8 Å². The van der Waals surface area contributed by atoms with E-state index < -0.39 is 0 Å². The third kappa shape index (κ3) is 2.66. The molecule has 0 saturated carbocycles. The lowest BCUT2D eigenvalue weighted by molar-refractivity contribution is -0.136. The lowest BCUT2D eigenvalue weighted by Gasteiger charge is -2.34. The van der Waals surface area contributed by atoms with Crippen molar-refractivity contribution in [3.8, 4) is 0 Å². The molecule has 5 heteroatoms. The zero-order valence-corrected chi connectivity index (χ0v) is 11.1. The fourth-order valence-electron chi connectivity index (χ4n) is 2.86. The van der Waals surface area contributed by atoms with Crippen LogP contribution in [-0.2, 0) is 9.53 Å². The molecule has 0 aromatic rings. The van der Waals surface area contributed by atoms with Gasteiger partial charge in [-0.25, -0.2) is 0 Å². The zero-order chi connectivity index (χ0) is 13.1. The van der Waals surface area contributed by atoms with Crippen molar-refractivity contribution in [3.05, 3.63) is 0 Å². The standard InChI is InChI=1S/C13H22N2O3/c1-3-10-7-15(5-4-12(10)14-17)13(16)11-6-9(2)18-8-11/h9-11,17H,3-8H2,1-2H3. The molecule has 2 heterocycles. The Kier molecular flexibility index (Phi) is 4.22. The van der Waals surface area contributed by atoms with Crippen LogP contribution >= 0.6 is 0 Å². The van der Waals surface area contributed by atoms with E-state index >= 15 is 0 Å². The first-order valence-electron chi connectivity index (χ1n) is 6.76. The highest BCUT2D eigenvalue weighted by molar-refractivity contribution is 5.89. The lowest BCUT2D eigenvalue weighted by atomic mass is 9.92. The Morgan fingerprint density at radius 3 is 2.94 bits per heavy atom. The number of hydrogen-bond acceptors (Lipinski definition) is 4. The molecule has 0 spiro atoms. The van der Waals surface area contributed by atoms with Gasteiger partial charge in [-0.1, -0.05) is 12.1 Å². The summed E-state index contributed by atoms with van der Waals surface area (Å²) in [5.74, 6) is 0.423. The fourth-order valence-corrected chi connectivity index (χ4v) is 2.86. The molecule has 2 aliphatic rings. The number of amides is 1. The first kappa shape index (κ1) is 13.3. The quantitative estimate of drug-likeness (QED) is 0.600. The average molecular weight is 254 g/mol. The summed E-state index contributed by atoms with van der Waals surface area (Å²) < 4.78 is 5.46. The van der Waals surface area contributed by atoms with E-state index in [0.717, 1.165) is 18.6 Å². The molecular formula is C13H22N2O3. The third-order valence-electron chi connectivity index (χ3n) is 4.03. The summed E-state index contributed by atoms with van der Waals surface area (Å²) >= 11 is 0. The van der Waals surface area contributed by atoms with Gasteiger partial charge in [0.25, 0.3) is 0 Å². The number of hydrogen-bond donors (Lipinski definition) is 1. The largest absolute Gasteiger partial charge is 0.411 e. The van der Waals surface area contributed by atoms with Crippen molar-refractivity contribution in [3.63, 3.8) is 0 Å². The molecule has 0 aromatic carbocycles. The van der Waals surface area contributed by atoms with Crippen molar-refractivity contribution in [1.29, 1.82) is 0 Å². The molecule has 5 nitrogen and oxygen atoms in total. The molecule has 0 radical (unpaired) electrons. The maximum atomic E-state index is 12.3. The molecule has 102 valence electrons. The Balaban J connectivity index is 1.96.